The van der Waals surface area contributed by atoms with Crippen LogP contribution in [0, 0.1) is 13.8 Å². The van der Waals surface area contributed by atoms with Crippen molar-refractivity contribution in [1.82, 2.24) is 24.7 Å². The van der Waals surface area contributed by atoms with Crippen LogP contribution in [0.15, 0.2) is 12.7 Å². The number of nitrogens with two attached hydrogens (primary N) is 1. The zero-order valence-electron chi connectivity index (χ0n) is 7.97. The molecule has 0 radical (unpaired) electrons. The van der Waals surface area contributed by atoms with Gasteiger partial charge in [0, 0.05) is 5.56 Å². The fourth-order valence-electron chi connectivity index (χ4n) is 1.18. The first kappa shape index (κ1) is 8.61. The summed E-state index contributed by atoms with van der Waals surface area (Å²) < 4.78 is 1.57. The van der Waals surface area contributed by atoms with E-state index in [1.807, 2.05) is 6.92 Å². The summed E-state index contributed by atoms with van der Waals surface area (Å²) in [6.07, 6.45) is 3.03. The molecule has 0 unspecified atom stereocenters. The molecule has 0 fully saturated rings. The minimum absolute atomic E-state index is 0.475. The minimum atomic E-state index is 0.475. The highest BCUT2D eigenvalue weighted by molar-refractivity contribution is 5.47. The Balaban J connectivity index is 2.64. The van der Waals surface area contributed by atoms with Gasteiger partial charge in [0.15, 0.2) is 5.82 Å². The highest BCUT2D eigenvalue weighted by Crippen LogP contribution is 2.14. The second-order valence-corrected chi connectivity index (χ2v) is 2.94. The molecule has 2 aromatic heterocycles. The molecule has 0 amide bonds. The molecule has 14 heavy (non-hydrogen) atoms. The normalized spacial score (nSPS) is 10.4. The summed E-state index contributed by atoms with van der Waals surface area (Å²) in [5, 5.41) is 3.99. The Hall–Kier alpha value is -1.98. The van der Waals surface area contributed by atoms with Gasteiger partial charge in [-0.1, -0.05) is 0 Å². The summed E-state index contributed by atoms with van der Waals surface area (Å²) >= 11 is 0. The molecule has 72 valence electrons. The van der Waals surface area contributed by atoms with Gasteiger partial charge < -0.3 is 5.73 Å². The van der Waals surface area contributed by atoms with E-state index in [1.165, 1.54) is 6.33 Å². The molecule has 0 aliphatic heterocycles. The largest absolute Gasteiger partial charge is 0.383 e. The Kier molecular flexibility index (Phi) is 1.88. The van der Waals surface area contributed by atoms with E-state index in [0.717, 1.165) is 5.56 Å². The maximum atomic E-state index is 5.71. The van der Waals surface area contributed by atoms with E-state index in [-0.39, 0.29) is 0 Å². The molecule has 6 nitrogen and oxygen atoms in total. The van der Waals surface area contributed by atoms with Crippen LogP contribution in [0.5, 0.6) is 0 Å². The molecule has 0 bridgehead atoms. The van der Waals surface area contributed by atoms with Crippen molar-refractivity contribution in [2.75, 3.05) is 5.73 Å². The van der Waals surface area contributed by atoms with Crippen LogP contribution in [-0.4, -0.2) is 24.7 Å². The lowest BCUT2D eigenvalue weighted by molar-refractivity contribution is 0.818. The molecule has 2 aromatic rings. The van der Waals surface area contributed by atoms with Gasteiger partial charge in [-0.3, -0.25) is 0 Å². The number of anilines is 1. The van der Waals surface area contributed by atoms with Gasteiger partial charge in [0.1, 0.15) is 24.3 Å². The molecule has 0 aliphatic rings. The average Bonchev–Trinajstić information content (AvgIpc) is 2.63. The van der Waals surface area contributed by atoms with Crippen molar-refractivity contribution in [1.29, 1.82) is 0 Å². The first-order valence-electron chi connectivity index (χ1n) is 4.14. The molecular weight excluding hydrogens is 180 g/mol. The first-order valence-corrected chi connectivity index (χ1v) is 4.14. The smallest absolute Gasteiger partial charge is 0.163 e. The Morgan fingerprint density at radius 3 is 2.71 bits per heavy atom. The Morgan fingerprint density at radius 2 is 2.07 bits per heavy atom. The number of rotatable bonds is 1. The first-order chi connectivity index (χ1) is 6.68. The molecule has 0 atom stereocenters. The fourth-order valence-corrected chi connectivity index (χ4v) is 1.18. The van der Waals surface area contributed by atoms with Crippen LogP contribution < -0.4 is 5.73 Å². The van der Waals surface area contributed by atoms with Crippen LogP contribution in [0.2, 0.25) is 0 Å². The van der Waals surface area contributed by atoms with Crippen LogP contribution in [-0.2, 0) is 0 Å². The molecule has 0 saturated carbocycles. The van der Waals surface area contributed by atoms with Crippen LogP contribution in [0.1, 0.15) is 11.4 Å². The number of aryl methyl sites for hydroxylation is 1. The standard InChI is InChI=1S/C8H10N6/c1-5-7(9)12-6(2)13-8(5)14-4-10-3-11-14/h3-4H,1-2H3,(H2,9,12,13). The lowest BCUT2D eigenvalue weighted by Gasteiger charge is -2.06. The molecule has 6 heteroatoms. The van der Waals surface area contributed by atoms with E-state index in [9.17, 15) is 0 Å². The van der Waals surface area contributed by atoms with E-state index in [0.29, 0.717) is 17.5 Å². The average molecular weight is 190 g/mol. The van der Waals surface area contributed by atoms with Crippen molar-refractivity contribution in [2.45, 2.75) is 13.8 Å². The third-order valence-corrected chi connectivity index (χ3v) is 1.91. The molecule has 2 N–H and O–H groups in total. The summed E-state index contributed by atoms with van der Waals surface area (Å²) in [4.78, 5) is 12.1. The van der Waals surface area contributed by atoms with E-state index in [4.69, 9.17) is 5.73 Å². The van der Waals surface area contributed by atoms with E-state index in [2.05, 4.69) is 20.1 Å². The van der Waals surface area contributed by atoms with Crippen LogP contribution in [0.4, 0.5) is 5.82 Å². The molecule has 0 aliphatic carbocycles. The highest BCUT2D eigenvalue weighted by atomic mass is 15.3. The second kappa shape index (κ2) is 3.06. The summed E-state index contributed by atoms with van der Waals surface area (Å²) in [7, 11) is 0. The monoisotopic (exact) mass is 190 g/mol. The third kappa shape index (κ3) is 1.30. The van der Waals surface area contributed by atoms with Crippen molar-refractivity contribution >= 4 is 5.82 Å². The van der Waals surface area contributed by atoms with Crippen molar-refractivity contribution in [2.24, 2.45) is 0 Å². The van der Waals surface area contributed by atoms with Crippen LogP contribution >= 0.6 is 0 Å². The zero-order chi connectivity index (χ0) is 10.1. The van der Waals surface area contributed by atoms with Gasteiger partial charge in [-0.05, 0) is 13.8 Å². The molecule has 2 heterocycles. The quantitative estimate of drug-likeness (QED) is 0.697. The summed E-state index contributed by atoms with van der Waals surface area (Å²) in [6, 6.07) is 0. The lowest BCUT2D eigenvalue weighted by Crippen LogP contribution is -2.07. The molecular formula is C8H10N6. The van der Waals surface area contributed by atoms with Gasteiger partial charge in [0.2, 0.25) is 0 Å². The maximum Gasteiger partial charge on any atom is 0.163 e. The molecule has 0 aromatic carbocycles. The summed E-state index contributed by atoms with van der Waals surface area (Å²) in [5.74, 6) is 1.77. The fraction of sp³-hybridized carbons (Fsp3) is 0.250. The zero-order valence-corrected chi connectivity index (χ0v) is 7.97. The van der Waals surface area contributed by atoms with E-state index < -0.39 is 0 Å². The van der Waals surface area contributed by atoms with Gasteiger partial charge in [0.05, 0.1) is 0 Å². The van der Waals surface area contributed by atoms with Crippen LogP contribution in [0.3, 0.4) is 0 Å². The lowest BCUT2D eigenvalue weighted by atomic mass is 10.3. The number of hydrogen-bond donors (Lipinski definition) is 1. The summed E-state index contributed by atoms with van der Waals surface area (Å²) in [5.41, 5.74) is 6.52. The number of nitrogens with zero attached hydrogens (tertiary/aromatic N) is 5. The van der Waals surface area contributed by atoms with Crippen molar-refractivity contribution in [3.63, 3.8) is 0 Å². The van der Waals surface area contributed by atoms with Crippen molar-refractivity contribution in [3.8, 4) is 5.82 Å². The van der Waals surface area contributed by atoms with Gasteiger partial charge in [-0.15, -0.1) is 0 Å². The van der Waals surface area contributed by atoms with Gasteiger partial charge in [-0.25, -0.2) is 19.6 Å². The van der Waals surface area contributed by atoms with Gasteiger partial charge >= 0.3 is 0 Å². The van der Waals surface area contributed by atoms with Crippen molar-refractivity contribution in [3.05, 3.63) is 24.0 Å². The second-order valence-electron chi connectivity index (χ2n) is 2.94. The maximum absolute atomic E-state index is 5.71. The van der Waals surface area contributed by atoms with Gasteiger partial charge in [0.25, 0.3) is 0 Å². The Morgan fingerprint density at radius 1 is 1.29 bits per heavy atom. The van der Waals surface area contributed by atoms with Crippen LogP contribution in [0.25, 0.3) is 5.82 Å². The molecule has 2 rings (SSSR count). The highest BCUT2D eigenvalue weighted by Gasteiger charge is 2.08. The topological polar surface area (TPSA) is 82.5 Å². The predicted molar refractivity (Wildman–Crippen MR) is 50.8 cm³/mol. The Bertz CT molecular complexity index is 447. The van der Waals surface area contributed by atoms with Crippen molar-refractivity contribution < 1.29 is 0 Å². The van der Waals surface area contributed by atoms with Gasteiger partial charge in [-0.2, -0.15) is 5.10 Å². The molecule has 0 saturated heterocycles. The number of aromatic nitrogens is 5. The molecule has 0 spiro atoms. The Labute approximate surface area is 80.8 Å². The van der Waals surface area contributed by atoms with E-state index >= 15 is 0 Å². The number of hydrogen-bond acceptors (Lipinski definition) is 5. The SMILES string of the molecule is Cc1nc(N)c(C)c(-n2cncn2)n1. The van der Waals surface area contributed by atoms with E-state index in [1.54, 1.807) is 17.9 Å². The number of nitrogen functional groups attached to an aromatic ring is 1. The minimum Gasteiger partial charge on any atom is -0.383 e. The predicted octanol–water partition coefficient (Wildman–Crippen LogP) is 0.256. The third-order valence-electron chi connectivity index (χ3n) is 1.91. The summed E-state index contributed by atoms with van der Waals surface area (Å²) in [6.45, 7) is 3.64.